The minimum Gasteiger partial charge on any atom is -0.478 e. The first-order chi connectivity index (χ1) is 13.9. The lowest BCUT2D eigenvalue weighted by atomic mass is 9.93. The van der Waals surface area contributed by atoms with Gasteiger partial charge in [-0.05, 0) is 38.8 Å². The molecule has 0 saturated carbocycles. The zero-order chi connectivity index (χ0) is 20.7. The van der Waals surface area contributed by atoms with Crippen LogP contribution in [-0.4, -0.2) is 36.0 Å². The van der Waals surface area contributed by atoms with Crippen molar-refractivity contribution in [2.45, 2.75) is 40.7 Å². The number of aryl methyl sites for hydroxylation is 4. The van der Waals surface area contributed by atoms with Crippen LogP contribution in [0.5, 0.6) is 0 Å². The van der Waals surface area contributed by atoms with Crippen LogP contribution in [0.15, 0.2) is 29.0 Å². The van der Waals surface area contributed by atoms with Crippen LogP contribution in [0.3, 0.4) is 0 Å². The summed E-state index contributed by atoms with van der Waals surface area (Å²) in [6.45, 7) is 8.26. The molecule has 148 valence electrons. The zero-order valence-electron chi connectivity index (χ0n) is 16.7. The molecule has 0 atom stereocenters. The molecule has 0 aliphatic rings. The van der Waals surface area contributed by atoms with Crippen molar-refractivity contribution in [3.8, 4) is 22.5 Å². The lowest BCUT2D eigenvalue weighted by Crippen LogP contribution is -2.08. The van der Waals surface area contributed by atoms with Gasteiger partial charge >= 0.3 is 5.97 Å². The number of carboxylic acids is 1. The van der Waals surface area contributed by atoms with Gasteiger partial charge in [0.15, 0.2) is 5.65 Å². The Balaban J connectivity index is 2.23. The third-order valence-corrected chi connectivity index (χ3v) is 4.84. The number of pyridine rings is 2. The first kappa shape index (κ1) is 18.8. The molecule has 0 spiro atoms. The SMILES string of the molecule is CCc1nn(CC)c2nc(-c3cc(C)on3)c(C(=O)O)c(-c3cncc(C)c3)c12. The number of hydrogen-bond donors (Lipinski definition) is 1. The summed E-state index contributed by atoms with van der Waals surface area (Å²) in [5.41, 5.74) is 4.35. The predicted molar refractivity (Wildman–Crippen MR) is 108 cm³/mol. The molecule has 0 radical (unpaired) electrons. The number of aromatic carboxylic acids is 1. The summed E-state index contributed by atoms with van der Waals surface area (Å²) in [4.78, 5) is 21.4. The summed E-state index contributed by atoms with van der Waals surface area (Å²) < 4.78 is 6.99. The largest absolute Gasteiger partial charge is 0.478 e. The highest BCUT2D eigenvalue weighted by atomic mass is 16.5. The molecule has 8 heteroatoms. The molecule has 29 heavy (non-hydrogen) atoms. The number of carbonyl (C=O) groups is 1. The van der Waals surface area contributed by atoms with E-state index >= 15 is 0 Å². The van der Waals surface area contributed by atoms with Crippen molar-refractivity contribution in [2.75, 3.05) is 0 Å². The van der Waals surface area contributed by atoms with Crippen molar-refractivity contribution in [1.82, 2.24) is 24.9 Å². The zero-order valence-corrected chi connectivity index (χ0v) is 16.7. The summed E-state index contributed by atoms with van der Waals surface area (Å²) in [6.07, 6.45) is 4.06. The molecule has 4 heterocycles. The number of aromatic nitrogens is 5. The summed E-state index contributed by atoms with van der Waals surface area (Å²) >= 11 is 0. The van der Waals surface area contributed by atoms with Crippen molar-refractivity contribution in [3.63, 3.8) is 0 Å². The van der Waals surface area contributed by atoms with Gasteiger partial charge in [-0.3, -0.25) is 4.98 Å². The number of carboxylic acid groups (broad SMARTS) is 1. The van der Waals surface area contributed by atoms with Gasteiger partial charge in [0, 0.05) is 36.1 Å². The molecule has 0 unspecified atom stereocenters. The Bertz CT molecular complexity index is 1240. The van der Waals surface area contributed by atoms with Gasteiger partial charge in [0.05, 0.1) is 16.6 Å². The number of hydrogen-bond acceptors (Lipinski definition) is 6. The van der Waals surface area contributed by atoms with E-state index in [1.54, 1.807) is 30.1 Å². The van der Waals surface area contributed by atoms with Crippen LogP contribution in [0.2, 0.25) is 0 Å². The summed E-state index contributed by atoms with van der Waals surface area (Å²) in [7, 11) is 0. The fourth-order valence-electron chi connectivity index (χ4n) is 3.60. The third kappa shape index (κ3) is 3.06. The van der Waals surface area contributed by atoms with Gasteiger partial charge in [-0.25, -0.2) is 14.5 Å². The molecule has 4 aromatic heterocycles. The molecule has 0 aliphatic carbocycles. The lowest BCUT2D eigenvalue weighted by molar-refractivity contribution is 0.0698. The first-order valence-electron chi connectivity index (χ1n) is 9.46. The molecular weight excluding hydrogens is 370 g/mol. The highest BCUT2D eigenvalue weighted by Gasteiger charge is 2.28. The molecule has 0 saturated heterocycles. The number of nitrogens with zero attached hydrogens (tertiary/aromatic N) is 5. The molecule has 0 aliphatic heterocycles. The van der Waals surface area contributed by atoms with E-state index in [9.17, 15) is 9.90 Å². The van der Waals surface area contributed by atoms with Crippen LogP contribution >= 0.6 is 0 Å². The van der Waals surface area contributed by atoms with Crippen LogP contribution in [0.4, 0.5) is 0 Å². The molecule has 4 rings (SSSR count). The Morgan fingerprint density at radius 1 is 1.21 bits per heavy atom. The van der Waals surface area contributed by atoms with Gasteiger partial charge in [-0.2, -0.15) is 5.10 Å². The monoisotopic (exact) mass is 391 g/mol. The molecule has 8 nitrogen and oxygen atoms in total. The molecular formula is C21H21N5O3. The second kappa shape index (κ2) is 7.12. The van der Waals surface area contributed by atoms with Gasteiger partial charge in [-0.15, -0.1) is 0 Å². The highest BCUT2D eigenvalue weighted by molar-refractivity contribution is 6.10. The highest BCUT2D eigenvalue weighted by Crippen LogP contribution is 2.38. The van der Waals surface area contributed by atoms with Gasteiger partial charge in [0.2, 0.25) is 0 Å². The fraction of sp³-hybridized carbons (Fsp3) is 0.286. The van der Waals surface area contributed by atoms with E-state index in [2.05, 4.69) is 15.2 Å². The summed E-state index contributed by atoms with van der Waals surface area (Å²) in [5.74, 6) is -0.506. The first-order valence-corrected chi connectivity index (χ1v) is 9.46. The maximum absolute atomic E-state index is 12.5. The topological polar surface area (TPSA) is 107 Å². The van der Waals surface area contributed by atoms with Crippen molar-refractivity contribution < 1.29 is 14.4 Å². The lowest BCUT2D eigenvalue weighted by Gasteiger charge is -2.13. The maximum Gasteiger partial charge on any atom is 0.338 e. The molecule has 1 N–H and O–H groups in total. The van der Waals surface area contributed by atoms with E-state index in [0.29, 0.717) is 41.2 Å². The second-order valence-corrected chi connectivity index (χ2v) is 6.90. The van der Waals surface area contributed by atoms with E-state index < -0.39 is 5.97 Å². The molecule has 0 bridgehead atoms. The Kier molecular flexibility index (Phi) is 4.62. The van der Waals surface area contributed by atoms with Gasteiger partial charge in [0.25, 0.3) is 0 Å². The summed E-state index contributed by atoms with van der Waals surface area (Å²) in [5, 5.41) is 19.6. The quantitative estimate of drug-likeness (QED) is 0.547. The van der Waals surface area contributed by atoms with Crippen LogP contribution in [-0.2, 0) is 13.0 Å². The van der Waals surface area contributed by atoms with E-state index in [1.165, 1.54) is 0 Å². The Labute approximate surface area is 167 Å². The van der Waals surface area contributed by atoms with E-state index in [-0.39, 0.29) is 11.3 Å². The Morgan fingerprint density at radius 2 is 2.00 bits per heavy atom. The molecule has 4 aromatic rings. The normalized spacial score (nSPS) is 11.3. The molecule has 0 amide bonds. The van der Waals surface area contributed by atoms with Gasteiger partial charge in [0.1, 0.15) is 17.1 Å². The van der Waals surface area contributed by atoms with Crippen molar-refractivity contribution in [2.24, 2.45) is 0 Å². The summed E-state index contributed by atoms with van der Waals surface area (Å²) in [6, 6.07) is 3.61. The van der Waals surface area contributed by atoms with Crippen molar-refractivity contribution >= 4 is 17.0 Å². The minimum absolute atomic E-state index is 0.0727. The number of fused-ring (bicyclic) bond motifs is 1. The smallest absolute Gasteiger partial charge is 0.338 e. The average Bonchev–Trinajstić information content (AvgIpc) is 3.29. The van der Waals surface area contributed by atoms with Crippen molar-refractivity contribution in [3.05, 3.63) is 47.1 Å². The van der Waals surface area contributed by atoms with Crippen LogP contribution in [0.25, 0.3) is 33.5 Å². The Hall–Kier alpha value is -3.55. The van der Waals surface area contributed by atoms with Crippen LogP contribution in [0, 0.1) is 13.8 Å². The van der Waals surface area contributed by atoms with Crippen LogP contribution < -0.4 is 0 Å². The van der Waals surface area contributed by atoms with Gasteiger partial charge < -0.3 is 9.63 Å². The Morgan fingerprint density at radius 3 is 2.59 bits per heavy atom. The standard InChI is InChI=1S/C21H21N5O3/c1-5-14-17-16(13-7-11(3)9-22-10-13)18(21(27)28)19(15-8-12(4)29-25-15)23-20(17)26(6-2)24-14/h7-10H,5-6H2,1-4H3,(H,27,28). The second-order valence-electron chi connectivity index (χ2n) is 6.90. The average molecular weight is 391 g/mol. The van der Waals surface area contributed by atoms with Crippen molar-refractivity contribution in [1.29, 1.82) is 0 Å². The van der Waals surface area contributed by atoms with E-state index in [1.807, 2.05) is 26.8 Å². The number of rotatable bonds is 5. The molecule has 0 aromatic carbocycles. The predicted octanol–water partition coefficient (Wildman–Crippen LogP) is 4.05. The van der Waals surface area contributed by atoms with E-state index in [4.69, 9.17) is 9.51 Å². The molecule has 0 fully saturated rings. The fourth-order valence-corrected chi connectivity index (χ4v) is 3.60. The third-order valence-electron chi connectivity index (χ3n) is 4.84. The minimum atomic E-state index is -1.09. The van der Waals surface area contributed by atoms with Crippen LogP contribution in [0.1, 0.15) is 41.2 Å². The van der Waals surface area contributed by atoms with E-state index in [0.717, 1.165) is 16.6 Å². The maximum atomic E-state index is 12.5. The van der Waals surface area contributed by atoms with Gasteiger partial charge in [-0.1, -0.05) is 12.1 Å².